The topological polar surface area (TPSA) is 142 Å². The third-order valence-electron chi connectivity index (χ3n) is 5.00. The largest absolute Gasteiger partial charge is 0.465 e. The SMILES string of the molecule is CCOC(=O)CNc1c(-c2cccc(OS(=O)(=O)c3ccc(Cl)c([N+](=O)[O-])c3)c2)nc2ccc(Cl)cn12. The summed E-state index contributed by atoms with van der Waals surface area (Å²) in [6.07, 6.45) is 1.61. The molecular formula is C23H18Cl2N4O7S. The summed E-state index contributed by atoms with van der Waals surface area (Å²) in [5, 5.41) is 14.4. The number of esters is 1. The molecule has 0 bridgehead atoms. The van der Waals surface area contributed by atoms with Crippen molar-refractivity contribution in [3.63, 3.8) is 0 Å². The van der Waals surface area contributed by atoms with E-state index in [2.05, 4.69) is 10.3 Å². The average Bonchev–Trinajstić information content (AvgIpc) is 3.20. The molecule has 2 heterocycles. The highest BCUT2D eigenvalue weighted by Gasteiger charge is 2.23. The quantitative estimate of drug-likeness (QED) is 0.129. The Morgan fingerprint density at radius 3 is 2.68 bits per heavy atom. The van der Waals surface area contributed by atoms with Crippen LogP contribution < -0.4 is 9.50 Å². The summed E-state index contributed by atoms with van der Waals surface area (Å²) in [6.45, 7) is 1.76. The van der Waals surface area contributed by atoms with Gasteiger partial charge in [-0.15, -0.1) is 0 Å². The summed E-state index contributed by atoms with van der Waals surface area (Å²) < 4.78 is 37.5. The summed E-state index contributed by atoms with van der Waals surface area (Å²) in [5.74, 6) is -0.133. The van der Waals surface area contributed by atoms with E-state index in [1.165, 1.54) is 12.1 Å². The van der Waals surface area contributed by atoms with Crippen molar-refractivity contribution in [2.75, 3.05) is 18.5 Å². The molecule has 0 aliphatic carbocycles. The molecule has 0 spiro atoms. The molecule has 37 heavy (non-hydrogen) atoms. The minimum Gasteiger partial charge on any atom is -0.465 e. The average molecular weight is 565 g/mol. The van der Waals surface area contributed by atoms with E-state index in [4.69, 9.17) is 32.1 Å². The lowest BCUT2D eigenvalue weighted by atomic mass is 10.1. The van der Waals surface area contributed by atoms with Crippen molar-refractivity contribution in [2.24, 2.45) is 0 Å². The van der Waals surface area contributed by atoms with Gasteiger partial charge in [0.15, 0.2) is 0 Å². The zero-order valence-corrected chi connectivity index (χ0v) is 21.4. The molecule has 0 aliphatic heterocycles. The highest BCUT2D eigenvalue weighted by atomic mass is 35.5. The van der Waals surface area contributed by atoms with Gasteiger partial charge in [0.2, 0.25) is 0 Å². The van der Waals surface area contributed by atoms with Crippen molar-refractivity contribution in [3.8, 4) is 17.0 Å². The van der Waals surface area contributed by atoms with Crippen molar-refractivity contribution in [1.29, 1.82) is 0 Å². The maximum Gasteiger partial charge on any atom is 0.339 e. The lowest BCUT2D eigenvalue weighted by molar-refractivity contribution is -0.384. The van der Waals surface area contributed by atoms with E-state index in [1.807, 2.05) is 0 Å². The monoisotopic (exact) mass is 564 g/mol. The van der Waals surface area contributed by atoms with Gasteiger partial charge in [0.25, 0.3) is 5.69 Å². The number of hydrogen-bond donors (Lipinski definition) is 1. The third kappa shape index (κ3) is 5.77. The van der Waals surface area contributed by atoms with Crippen LogP contribution in [0, 0.1) is 10.1 Å². The Labute approximate surface area is 220 Å². The zero-order valence-electron chi connectivity index (χ0n) is 19.1. The molecule has 0 fully saturated rings. The van der Waals surface area contributed by atoms with Crippen LogP contribution in [0.2, 0.25) is 10.0 Å². The van der Waals surface area contributed by atoms with E-state index in [1.54, 1.807) is 41.8 Å². The number of imidazole rings is 1. The van der Waals surface area contributed by atoms with Gasteiger partial charge < -0.3 is 14.2 Å². The van der Waals surface area contributed by atoms with E-state index in [0.29, 0.717) is 27.7 Å². The van der Waals surface area contributed by atoms with Crippen molar-refractivity contribution in [3.05, 3.63) is 81.0 Å². The second kappa shape index (κ2) is 10.6. The number of nitrogens with zero attached hydrogens (tertiary/aromatic N) is 3. The minimum absolute atomic E-state index is 0.0680. The lowest BCUT2D eigenvalue weighted by Crippen LogP contribution is -2.17. The lowest BCUT2D eigenvalue weighted by Gasteiger charge is -2.10. The molecule has 11 nitrogen and oxygen atoms in total. The molecule has 4 rings (SSSR count). The van der Waals surface area contributed by atoms with E-state index in [0.717, 1.165) is 18.2 Å². The number of ether oxygens (including phenoxy) is 1. The van der Waals surface area contributed by atoms with Gasteiger partial charge >= 0.3 is 16.1 Å². The molecule has 1 N–H and O–H groups in total. The molecule has 0 atom stereocenters. The summed E-state index contributed by atoms with van der Waals surface area (Å²) in [7, 11) is -4.44. The molecule has 14 heteroatoms. The van der Waals surface area contributed by atoms with Crippen molar-refractivity contribution in [1.82, 2.24) is 9.38 Å². The van der Waals surface area contributed by atoms with Crippen LogP contribution in [0.5, 0.6) is 5.75 Å². The molecule has 0 unspecified atom stereocenters. The molecule has 192 valence electrons. The number of rotatable bonds is 9. The molecule has 4 aromatic rings. The first kappa shape index (κ1) is 26.2. The van der Waals surface area contributed by atoms with Gasteiger partial charge in [-0.05, 0) is 43.3 Å². The maximum absolute atomic E-state index is 12.8. The number of anilines is 1. The number of aromatic nitrogens is 2. The highest BCUT2D eigenvalue weighted by molar-refractivity contribution is 7.87. The van der Waals surface area contributed by atoms with Crippen LogP contribution in [0.4, 0.5) is 11.5 Å². The number of nitrogens with one attached hydrogen (secondary N) is 1. The van der Waals surface area contributed by atoms with Gasteiger partial charge in [-0.1, -0.05) is 35.3 Å². The Hall–Kier alpha value is -3.87. The fraction of sp³-hybridized carbons (Fsp3) is 0.130. The Balaban J connectivity index is 1.71. The molecule has 0 saturated carbocycles. The first-order chi connectivity index (χ1) is 17.6. The molecule has 2 aromatic heterocycles. The molecule has 2 aromatic carbocycles. The predicted molar refractivity (Wildman–Crippen MR) is 137 cm³/mol. The number of pyridine rings is 1. The Kier molecular flexibility index (Phi) is 7.52. The van der Waals surface area contributed by atoms with E-state index < -0.39 is 31.6 Å². The molecular weight excluding hydrogens is 547 g/mol. The number of carbonyl (C=O) groups excluding carboxylic acids is 1. The molecule has 0 aliphatic rings. The molecule has 0 radical (unpaired) electrons. The van der Waals surface area contributed by atoms with E-state index in [-0.39, 0.29) is 23.9 Å². The number of carbonyl (C=O) groups is 1. The normalized spacial score (nSPS) is 11.3. The molecule has 0 saturated heterocycles. The van der Waals surface area contributed by atoms with Gasteiger partial charge in [0.05, 0.1) is 16.6 Å². The fourth-order valence-electron chi connectivity index (χ4n) is 3.41. The van der Waals surface area contributed by atoms with Gasteiger partial charge in [-0.3, -0.25) is 19.3 Å². The summed E-state index contributed by atoms with van der Waals surface area (Å²) in [5.41, 5.74) is 0.788. The number of hydrogen-bond acceptors (Lipinski definition) is 9. The van der Waals surface area contributed by atoms with Gasteiger partial charge in [-0.25, -0.2) is 4.98 Å². The Morgan fingerprint density at radius 2 is 1.95 bits per heavy atom. The van der Waals surface area contributed by atoms with E-state index >= 15 is 0 Å². The number of nitro benzene ring substituents is 1. The first-order valence-corrected chi connectivity index (χ1v) is 12.8. The molecule has 0 amide bonds. The van der Waals surface area contributed by atoms with Crippen LogP contribution in [-0.4, -0.2) is 41.8 Å². The van der Waals surface area contributed by atoms with Crippen LogP contribution in [0.3, 0.4) is 0 Å². The zero-order chi connectivity index (χ0) is 26.7. The number of fused-ring (bicyclic) bond motifs is 1. The van der Waals surface area contributed by atoms with Crippen LogP contribution in [0.25, 0.3) is 16.9 Å². The van der Waals surface area contributed by atoms with Crippen molar-refractivity contribution in [2.45, 2.75) is 11.8 Å². The van der Waals surface area contributed by atoms with Gasteiger partial charge in [0.1, 0.15) is 39.4 Å². The second-order valence-corrected chi connectivity index (χ2v) is 9.87. The second-order valence-electron chi connectivity index (χ2n) is 7.48. The first-order valence-electron chi connectivity index (χ1n) is 10.6. The van der Waals surface area contributed by atoms with E-state index in [9.17, 15) is 23.3 Å². The summed E-state index contributed by atoms with van der Waals surface area (Å²) >= 11 is 11.9. The standard InChI is InChI=1S/C23H18Cl2N4O7S/c1-2-35-21(30)12-26-23-22(27-20-9-6-15(24)13-28(20)23)14-4-3-5-16(10-14)36-37(33,34)17-7-8-18(25)19(11-17)29(31)32/h3-11,13,26H,2,12H2,1H3. The van der Waals surface area contributed by atoms with Crippen molar-refractivity contribution >= 4 is 56.4 Å². The Bertz CT molecular complexity index is 1620. The third-order valence-corrected chi connectivity index (χ3v) is 6.79. The van der Waals surface area contributed by atoms with Crippen LogP contribution >= 0.6 is 23.2 Å². The van der Waals surface area contributed by atoms with Gasteiger partial charge in [0, 0.05) is 17.8 Å². The van der Waals surface area contributed by atoms with Gasteiger partial charge in [-0.2, -0.15) is 8.42 Å². The van der Waals surface area contributed by atoms with Crippen LogP contribution in [-0.2, 0) is 19.6 Å². The predicted octanol–water partition coefficient (Wildman–Crippen LogP) is 4.96. The Morgan fingerprint density at radius 1 is 1.16 bits per heavy atom. The number of halogens is 2. The summed E-state index contributed by atoms with van der Waals surface area (Å²) in [6, 6.07) is 12.4. The summed E-state index contributed by atoms with van der Waals surface area (Å²) in [4.78, 5) is 26.5. The van der Waals surface area contributed by atoms with Crippen molar-refractivity contribution < 1.29 is 27.1 Å². The number of benzene rings is 2. The van der Waals surface area contributed by atoms with Crippen LogP contribution in [0.15, 0.2) is 65.7 Å². The maximum atomic E-state index is 12.8. The number of nitro groups is 1. The fourth-order valence-corrected chi connectivity index (χ4v) is 4.71. The minimum atomic E-state index is -4.44. The highest BCUT2D eigenvalue weighted by Crippen LogP contribution is 2.33. The van der Waals surface area contributed by atoms with Crippen LogP contribution in [0.1, 0.15) is 6.92 Å². The smallest absolute Gasteiger partial charge is 0.339 e.